The van der Waals surface area contributed by atoms with E-state index in [-0.39, 0.29) is 13.2 Å². The van der Waals surface area contributed by atoms with Gasteiger partial charge in [0.25, 0.3) is 0 Å². The van der Waals surface area contributed by atoms with E-state index in [1.807, 2.05) is 6.08 Å². The number of carbonyl (C=O) groups is 1. The first-order valence-corrected chi connectivity index (χ1v) is 12.3. The van der Waals surface area contributed by atoms with E-state index in [0.717, 1.165) is 12.8 Å². The monoisotopic (exact) mass is 459 g/mol. The number of rotatable bonds is 19. The smallest absolute Gasteiger partial charge is 0.207 e. The highest BCUT2D eigenvalue weighted by Gasteiger charge is 2.38. The Kier molecular flexibility index (Phi) is 16.7. The molecular formula is C24H45NO7. The highest BCUT2D eigenvalue weighted by atomic mass is 16.7. The van der Waals surface area contributed by atoms with Gasteiger partial charge in [0.05, 0.1) is 25.4 Å². The number of allylic oxidation sites excluding steroid dienone is 1. The van der Waals surface area contributed by atoms with Crippen LogP contribution in [0.1, 0.15) is 84.0 Å². The summed E-state index contributed by atoms with van der Waals surface area (Å²) in [4.78, 5) is 10.9. The summed E-state index contributed by atoms with van der Waals surface area (Å²) in [6.07, 6.45) is 13.0. The quantitative estimate of drug-likeness (QED) is 0.114. The molecule has 8 heteroatoms. The fourth-order valence-corrected chi connectivity index (χ4v) is 3.75. The molecule has 5 N–H and O–H groups in total. The summed E-state index contributed by atoms with van der Waals surface area (Å²) in [5.41, 5.74) is 0. The Morgan fingerprint density at radius 2 is 1.56 bits per heavy atom. The molecule has 0 aromatic rings. The summed E-state index contributed by atoms with van der Waals surface area (Å²) in [5, 5.41) is 41.9. The minimum absolute atomic E-state index is 0.118. The zero-order chi connectivity index (χ0) is 23.6. The fourth-order valence-electron chi connectivity index (χ4n) is 3.75. The Morgan fingerprint density at radius 1 is 0.969 bits per heavy atom. The second kappa shape index (κ2) is 18.4. The number of carbonyl (C=O) groups excluding carboxylic acids is 1. The number of amides is 1. The minimum Gasteiger partial charge on any atom is -0.388 e. The molecule has 1 fully saturated rings. The molecule has 1 saturated heterocycles. The third-order valence-electron chi connectivity index (χ3n) is 5.90. The van der Waals surface area contributed by atoms with Gasteiger partial charge >= 0.3 is 0 Å². The molecule has 0 aliphatic carbocycles. The molecule has 188 valence electrons. The van der Waals surface area contributed by atoms with E-state index >= 15 is 0 Å². The van der Waals surface area contributed by atoms with Crippen molar-refractivity contribution in [3.8, 4) is 0 Å². The van der Waals surface area contributed by atoms with Crippen LogP contribution in [0.15, 0.2) is 12.2 Å². The van der Waals surface area contributed by atoms with Crippen LogP contribution < -0.4 is 5.32 Å². The number of unbranched alkanes of at least 4 members (excludes halogenated alkanes) is 11. The summed E-state index contributed by atoms with van der Waals surface area (Å²) in [6, 6.07) is -0.721. The number of nitrogens with one attached hydrogen (secondary N) is 1. The first-order chi connectivity index (χ1) is 15.5. The van der Waals surface area contributed by atoms with Crippen LogP contribution in [0.25, 0.3) is 0 Å². The number of hydrogen-bond acceptors (Lipinski definition) is 7. The molecule has 0 saturated carbocycles. The first kappa shape index (κ1) is 29.0. The van der Waals surface area contributed by atoms with Crippen molar-refractivity contribution in [2.45, 2.75) is 121 Å². The normalized spacial score (nSPS) is 25.7. The molecule has 1 aliphatic heterocycles. The predicted octanol–water partition coefficient (Wildman–Crippen LogP) is 2.17. The van der Waals surface area contributed by atoms with Crippen molar-refractivity contribution in [2.75, 3.05) is 13.2 Å². The lowest BCUT2D eigenvalue weighted by molar-refractivity contribution is -0.271. The molecule has 0 spiro atoms. The van der Waals surface area contributed by atoms with Gasteiger partial charge in [0.2, 0.25) is 6.41 Å². The molecule has 0 aromatic heterocycles. The van der Waals surface area contributed by atoms with Crippen LogP contribution >= 0.6 is 0 Å². The maximum absolute atomic E-state index is 10.9. The SMILES string of the molecule is CCCCCCCCCCCCC/C=C/[C@@H](O)[C@H](CO[C@@H]1OC[C@@H](O)[C@H](O)[C@H]1O)NC=O. The summed E-state index contributed by atoms with van der Waals surface area (Å²) < 4.78 is 10.6. The van der Waals surface area contributed by atoms with Crippen molar-refractivity contribution >= 4 is 6.41 Å². The lowest BCUT2D eigenvalue weighted by Gasteiger charge is -2.35. The molecule has 0 aromatic carbocycles. The van der Waals surface area contributed by atoms with Crippen LogP contribution in [0.5, 0.6) is 0 Å². The lowest BCUT2D eigenvalue weighted by Crippen LogP contribution is -2.55. The maximum atomic E-state index is 10.9. The van der Waals surface area contributed by atoms with Gasteiger partial charge in [-0.3, -0.25) is 4.79 Å². The maximum Gasteiger partial charge on any atom is 0.207 e. The third-order valence-corrected chi connectivity index (χ3v) is 5.90. The molecule has 1 heterocycles. The molecule has 0 radical (unpaired) electrons. The Labute approximate surface area is 193 Å². The van der Waals surface area contributed by atoms with E-state index < -0.39 is 36.7 Å². The van der Waals surface area contributed by atoms with Crippen LogP contribution in [-0.2, 0) is 14.3 Å². The average Bonchev–Trinajstić information content (AvgIpc) is 2.79. The Balaban J connectivity index is 2.15. The second-order valence-corrected chi connectivity index (χ2v) is 8.72. The van der Waals surface area contributed by atoms with Crippen molar-refractivity contribution in [3.63, 3.8) is 0 Å². The van der Waals surface area contributed by atoms with Gasteiger partial charge in [-0.2, -0.15) is 0 Å². The zero-order valence-electron chi connectivity index (χ0n) is 19.6. The molecule has 0 bridgehead atoms. The van der Waals surface area contributed by atoms with Crippen LogP contribution in [0.4, 0.5) is 0 Å². The number of ether oxygens (including phenoxy) is 2. The highest BCUT2D eigenvalue weighted by Crippen LogP contribution is 2.17. The Hall–Kier alpha value is -1.03. The van der Waals surface area contributed by atoms with Crippen LogP contribution in [0, 0.1) is 0 Å². The number of aliphatic hydroxyl groups is 4. The van der Waals surface area contributed by atoms with Crippen molar-refractivity contribution in [3.05, 3.63) is 12.2 Å². The van der Waals surface area contributed by atoms with E-state index in [2.05, 4.69) is 12.2 Å². The molecule has 6 atom stereocenters. The van der Waals surface area contributed by atoms with E-state index in [1.165, 1.54) is 64.2 Å². The zero-order valence-corrected chi connectivity index (χ0v) is 19.6. The van der Waals surface area contributed by atoms with Gasteiger partial charge in [0.1, 0.15) is 18.3 Å². The summed E-state index contributed by atoms with van der Waals surface area (Å²) in [7, 11) is 0. The van der Waals surface area contributed by atoms with Gasteiger partial charge in [0, 0.05) is 0 Å². The van der Waals surface area contributed by atoms with Gasteiger partial charge in [-0.05, 0) is 12.8 Å². The molecule has 0 unspecified atom stereocenters. The topological polar surface area (TPSA) is 128 Å². The van der Waals surface area contributed by atoms with Crippen LogP contribution in [0.2, 0.25) is 0 Å². The predicted molar refractivity (Wildman–Crippen MR) is 123 cm³/mol. The van der Waals surface area contributed by atoms with E-state index in [0.29, 0.717) is 6.41 Å². The summed E-state index contributed by atoms with van der Waals surface area (Å²) >= 11 is 0. The average molecular weight is 460 g/mol. The van der Waals surface area contributed by atoms with Gasteiger partial charge in [-0.1, -0.05) is 83.3 Å². The van der Waals surface area contributed by atoms with Crippen molar-refractivity contribution in [1.29, 1.82) is 0 Å². The van der Waals surface area contributed by atoms with E-state index in [1.54, 1.807) is 6.08 Å². The van der Waals surface area contributed by atoms with Gasteiger partial charge in [-0.25, -0.2) is 0 Å². The molecule has 1 aliphatic rings. The number of aliphatic hydroxyl groups excluding tert-OH is 4. The Bertz CT molecular complexity index is 491. The van der Waals surface area contributed by atoms with Gasteiger partial charge in [-0.15, -0.1) is 0 Å². The summed E-state index contributed by atoms with van der Waals surface area (Å²) in [6.45, 7) is 1.95. The van der Waals surface area contributed by atoms with Crippen molar-refractivity contribution in [2.24, 2.45) is 0 Å². The highest BCUT2D eigenvalue weighted by molar-refractivity contribution is 5.47. The third kappa shape index (κ3) is 12.3. The largest absolute Gasteiger partial charge is 0.388 e. The molecular weight excluding hydrogens is 414 g/mol. The molecule has 32 heavy (non-hydrogen) atoms. The first-order valence-electron chi connectivity index (χ1n) is 12.3. The number of hydrogen-bond donors (Lipinski definition) is 5. The van der Waals surface area contributed by atoms with Gasteiger partial charge < -0.3 is 35.2 Å². The second-order valence-electron chi connectivity index (χ2n) is 8.72. The Morgan fingerprint density at radius 3 is 2.16 bits per heavy atom. The van der Waals surface area contributed by atoms with Crippen molar-refractivity contribution < 1.29 is 34.7 Å². The van der Waals surface area contributed by atoms with Crippen molar-refractivity contribution in [1.82, 2.24) is 5.32 Å². The minimum atomic E-state index is -1.41. The van der Waals surface area contributed by atoms with E-state index in [9.17, 15) is 25.2 Å². The summed E-state index contributed by atoms with van der Waals surface area (Å²) in [5.74, 6) is 0. The van der Waals surface area contributed by atoms with Gasteiger partial charge in [0.15, 0.2) is 6.29 Å². The molecule has 8 nitrogen and oxygen atoms in total. The van der Waals surface area contributed by atoms with E-state index in [4.69, 9.17) is 9.47 Å². The molecule has 1 amide bonds. The standard InChI is InChI=1S/C24H45NO7/c1-2-3-4-5-6-7-8-9-10-11-12-13-14-15-20(27)19(25-18-26)16-31-24-23(30)22(29)21(28)17-32-24/h14-15,18-24,27-30H,2-13,16-17H2,1H3,(H,25,26)/b15-14+/t19-,20+,21+,22-,23+,24+/m0/s1. The molecule has 1 rings (SSSR count). The fraction of sp³-hybridized carbons (Fsp3) is 0.875. The lowest BCUT2D eigenvalue weighted by atomic mass is 10.0. The van der Waals surface area contributed by atoms with Crippen LogP contribution in [-0.4, -0.2) is 76.8 Å². The van der Waals surface area contributed by atoms with Crippen LogP contribution in [0.3, 0.4) is 0 Å².